The summed E-state index contributed by atoms with van der Waals surface area (Å²) < 4.78 is 0. The summed E-state index contributed by atoms with van der Waals surface area (Å²) >= 11 is 0. The van der Waals surface area contributed by atoms with Gasteiger partial charge < -0.3 is 10.4 Å². The van der Waals surface area contributed by atoms with Crippen LogP contribution in [0.1, 0.15) is 37.1 Å². The summed E-state index contributed by atoms with van der Waals surface area (Å²) in [6.45, 7) is 2.62. The molecule has 1 fully saturated rings. The molecule has 0 bridgehead atoms. The van der Waals surface area contributed by atoms with Crippen LogP contribution in [-0.2, 0) is 6.54 Å². The predicted octanol–water partition coefficient (Wildman–Crippen LogP) is 2.13. The van der Waals surface area contributed by atoms with Gasteiger partial charge in [0.05, 0.1) is 5.69 Å². The van der Waals surface area contributed by atoms with Gasteiger partial charge in [-0.2, -0.15) is 0 Å². The summed E-state index contributed by atoms with van der Waals surface area (Å²) in [6.07, 6.45) is 5.16. The summed E-state index contributed by atoms with van der Waals surface area (Å²) in [7, 11) is 0. The van der Waals surface area contributed by atoms with Gasteiger partial charge in [-0.3, -0.25) is 4.98 Å². The minimum Gasteiger partial charge on any atom is -0.506 e. The van der Waals surface area contributed by atoms with Crippen molar-refractivity contribution in [3.05, 3.63) is 23.5 Å². The topological polar surface area (TPSA) is 45.1 Å². The molecular formula is C12H18N2O. The number of hydrogen-bond donors (Lipinski definition) is 2. The SMILES string of the molecule is Cc1ccc(O)c(CNC2CCCC2)n1. The fraction of sp³-hybridized carbons (Fsp3) is 0.583. The van der Waals surface area contributed by atoms with Crippen molar-refractivity contribution in [3.63, 3.8) is 0 Å². The van der Waals surface area contributed by atoms with Gasteiger partial charge in [-0.15, -0.1) is 0 Å². The molecule has 0 unspecified atom stereocenters. The zero-order valence-corrected chi connectivity index (χ0v) is 9.16. The van der Waals surface area contributed by atoms with E-state index in [9.17, 15) is 5.11 Å². The standard InChI is InChI=1S/C12H18N2O/c1-9-6-7-12(15)11(14-9)8-13-10-4-2-3-5-10/h6-7,10,13,15H,2-5,8H2,1H3. The maximum Gasteiger partial charge on any atom is 0.138 e. The molecule has 0 radical (unpaired) electrons. The fourth-order valence-electron chi connectivity index (χ4n) is 2.10. The van der Waals surface area contributed by atoms with Crippen molar-refractivity contribution >= 4 is 0 Å². The van der Waals surface area contributed by atoms with Gasteiger partial charge in [-0.05, 0) is 31.9 Å². The predicted molar refractivity (Wildman–Crippen MR) is 59.7 cm³/mol. The lowest BCUT2D eigenvalue weighted by Crippen LogP contribution is -2.25. The number of nitrogens with one attached hydrogen (secondary N) is 1. The van der Waals surface area contributed by atoms with Crippen molar-refractivity contribution in [1.82, 2.24) is 10.3 Å². The molecule has 82 valence electrons. The Morgan fingerprint density at radius 3 is 2.87 bits per heavy atom. The van der Waals surface area contributed by atoms with E-state index < -0.39 is 0 Å². The molecule has 2 N–H and O–H groups in total. The quantitative estimate of drug-likeness (QED) is 0.796. The molecule has 0 aliphatic heterocycles. The average molecular weight is 206 g/mol. The van der Waals surface area contributed by atoms with Crippen LogP contribution in [-0.4, -0.2) is 16.1 Å². The first-order valence-electron chi connectivity index (χ1n) is 5.64. The van der Waals surface area contributed by atoms with E-state index in [1.807, 2.05) is 13.0 Å². The molecule has 1 aliphatic rings. The lowest BCUT2D eigenvalue weighted by atomic mass is 10.2. The molecule has 3 nitrogen and oxygen atoms in total. The van der Waals surface area contributed by atoms with Gasteiger partial charge in [-0.25, -0.2) is 0 Å². The highest BCUT2D eigenvalue weighted by molar-refractivity contribution is 5.27. The van der Waals surface area contributed by atoms with Gasteiger partial charge in [-0.1, -0.05) is 12.8 Å². The monoisotopic (exact) mass is 206 g/mol. The summed E-state index contributed by atoms with van der Waals surface area (Å²) in [4.78, 5) is 4.32. The van der Waals surface area contributed by atoms with Crippen molar-refractivity contribution < 1.29 is 5.11 Å². The Hall–Kier alpha value is -1.09. The molecular weight excluding hydrogens is 188 g/mol. The molecule has 2 rings (SSSR count). The number of hydrogen-bond acceptors (Lipinski definition) is 3. The van der Waals surface area contributed by atoms with Gasteiger partial charge in [0.15, 0.2) is 0 Å². The number of rotatable bonds is 3. The van der Waals surface area contributed by atoms with Crippen LogP contribution in [0, 0.1) is 6.92 Å². The van der Waals surface area contributed by atoms with Crippen LogP contribution in [0.5, 0.6) is 5.75 Å². The summed E-state index contributed by atoms with van der Waals surface area (Å²) in [5.74, 6) is 0.297. The van der Waals surface area contributed by atoms with E-state index in [0.29, 0.717) is 18.3 Å². The van der Waals surface area contributed by atoms with Crippen molar-refractivity contribution in [1.29, 1.82) is 0 Å². The normalized spacial score (nSPS) is 17.1. The molecule has 0 aromatic carbocycles. The van der Waals surface area contributed by atoms with Gasteiger partial charge in [0.25, 0.3) is 0 Å². The lowest BCUT2D eigenvalue weighted by Gasteiger charge is -2.12. The highest BCUT2D eigenvalue weighted by Crippen LogP contribution is 2.19. The van der Waals surface area contributed by atoms with Gasteiger partial charge in [0.2, 0.25) is 0 Å². The fourth-order valence-corrected chi connectivity index (χ4v) is 2.10. The van der Waals surface area contributed by atoms with Crippen LogP contribution in [0.3, 0.4) is 0 Å². The Balaban J connectivity index is 1.94. The smallest absolute Gasteiger partial charge is 0.138 e. The number of nitrogens with zero attached hydrogens (tertiary/aromatic N) is 1. The second-order valence-electron chi connectivity index (χ2n) is 4.28. The molecule has 0 saturated heterocycles. The van der Waals surface area contributed by atoms with E-state index in [-0.39, 0.29) is 0 Å². The summed E-state index contributed by atoms with van der Waals surface area (Å²) in [6, 6.07) is 4.16. The zero-order valence-electron chi connectivity index (χ0n) is 9.16. The van der Waals surface area contributed by atoms with Gasteiger partial charge in [0.1, 0.15) is 5.75 Å². The van der Waals surface area contributed by atoms with Crippen LogP contribution >= 0.6 is 0 Å². The van der Waals surface area contributed by atoms with E-state index in [4.69, 9.17) is 0 Å². The number of aryl methyl sites for hydroxylation is 1. The molecule has 1 aliphatic carbocycles. The van der Waals surface area contributed by atoms with Crippen LogP contribution in [0.4, 0.5) is 0 Å². The Kier molecular flexibility index (Phi) is 3.21. The third-order valence-corrected chi connectivity index (χ3v) is 3.00. The Bertz CT molecular complexity index is 332. The van der Waals surface area contributed by atoms with Crippen molar-refractivity contribution in [2.75, 3.05) is 0 Å². The van der Waals surface area contributed by atoms with Crippen molar-refractivity contribution in [2.24, 2.45) is 0 Å². The van der Waals surface area contributed by atoms with Crippen molar-refractivity contribution in [2.45, 2.75) is 45.2 Å². The Morgan fingerprint density at radius 2 is 2.13 bits per heavy atom. The maximum atomic E-state index is 9.61. The maximum absolute atomic E-state index is 9.61. The first kappa shape index (κ1) is 10.4. The highest BCUT2D eigenvalue weighted by atomic mass is 16.3. The van der Waals surface area contributed by atoms with E-state index >= 15 is 0 Å². The van der Waals surface area contributed by atoms with Crippen molar-refractivity contribution in [3.8, 4) is 5.75 Å². The van der Waals surface area contributed by atoms with E-state index in [1.165, 1.54) is 25.7 Å². The minimum absolute atomic E-state index is 0.297. The molecule has 0 spiro atoms. The average Bonchev–Trinajstić information content (AvgIpc) is 2.72. The Morgan fingerprint density at radius 1 is 1.40 bits per heavy atom. The van der Waals surface area contributed by atoms with E-state index in [2.05, 4.69) is 10.3 Å². The zero-order chi connectivity index (χ0) is 10.7. The largest absolute Gasteiger partial charge is 0.506 e. The Labute approximate surface area is 90.5 Å². The lowest BCUT2D eigenvalue weighted by molar-refractivity contribution is 0.449. The molecule has 1 aromatic rings. The van der Waals surface area contributed by atoms with Crippen LogP contribution in [0.15, 0.2) is 12.1 Å². The molecule has 0 atom stereocenters. The summed E-state index contributed by atoms with van der Waals surface area (Å²) in [5, 5.41) is 13.0. The number of pyridine rings is 1. The molecule has 1 saturated carbocycles. The molecule has 1 heterocycles. The second-order valence-corrected chi connectivity index (χ2v) is 4.28. The first-order valence-corrected chi connectivity index (χ1v) is 5.64. The minimum atomic E-state index is 0.297. The van der Waals surface area contributed by atoms with E-state index in [1.54, 1.807) is 6.07 Å². The third kappa shape index (κ3) is 2.69. The van der Waals surface area contributed by atoms with Crippen LogP contribution in [0.2, 0.25) is 0 Å². The second kappa shape index (κ2) is 4.62. The summed E-state index contributed by atoms with van der Waals surface area (Å²) in [5.41, 5.74) is 1.72. The molecule has 0 amide bonds. The molecule has 15 heavy (non-hydrogen) atoms. The van der Waals surface area contributed by atoms with E-state index in [0.717, 1.165) is 11.4 Å². The first-order chi connectivity index (χ1) is 7.25. The molecule has 3 heteroatoms. The third-order valence-electron chi connectivity index (χ3n) is 3.00. The molecule has 1 aromatic heterocycles. The number of aromatic nitrogens is 1. The number of aromatic hydroxyl groups is 1. The van der Waals surface area contributed by atoms with Crippen LogP contribution in [0.25, 0.3) is 0 Å². The van der Waals surface area contributed by atoms with Gasteiger partial charge in [0, 0.05) is 18.3 Å². The van der Waals surface area contributed by atoms with Gasteiger partial charge >= 0.3 is 0 Å². The van der Waals surface area contributed by atoms with Crippen LogP contribution < -0.4 is 5.32 Å². The highest BCUT2D eigenvalue weighted by Gasteiger charge is 2.14.